The molecule has 8 heteroatoms. The average Bonchev–Trinajstić information content (AvgIpc) is 2.89. The van der Waals surface area contributed by atoms with Crippen LogP contribution in [0.25, 0.3) is 0 Å². The van der Waals surface area contributed by atoms with E-state index in [0.29, 0.717) is 30.0 Å². The molecule has 3 rings (SSSR count). The molecule has 2 N–H and O–H groups in total. The van der Waals surface area contributed by atoms with Gasteiger partial charge >= 0.3 is 0 Å². The highest BCUT2D eigenvalue weighted by Gasteiger charge is 2.40. The third-order valence-electron chi connectivity index (χ3n) is 6.09. The molecule has 0 saturated carbocycles. The van der Waals surface area contributed by atoms with E-state index in [1.165, 1.54) is 0 Å². The van der Waals surface area contributed by atoms with Crippen LogP contribution in [0.2, 0.25) is 0 Å². The molecule has 2 aliphatic heterocycles. The maximum atomic E-state index is 12.7. The van der Waals surface area contributed by atoms with E-state index in [2.05, 4.69) is 17.0 Å². The zero-order chi connectivity index (χ0) is 21.4. The van der Waals surface area contributed by atoms with Crippen LogP contribution in [0.15, 0.2) is 17.0 Å². The van der Waals surface area contributed by atoms with E-state index in [-0.39, 0.29) is 23.3 Å². The second-order valence-electron chi connectivity index (χ2n) is 8.81. The number of hydrogen-bond acceptors (Lipinski definition) is 4. The molecule has 0 radical (unpaired) electrons. The first-order valence-corrected chi connectivity index (χ1v) is 11.7. The number of nitrogens with one attached hydrogen (secondary N) is 2. The lowest BCUT2D eigenvalue weighted by atomic mass is 9.85. The lowest BCUT2D eigenvalue weighted by Crippen LogP contribution is -2.38. The van der Waals surface area contributed by atoms with E-state index in [9.17, 15) is 18.0 Å². The van der Waals surface area contributed by atoms with Crippen molar-refractivity contribution in [3.63, 3.8) is 0 Å². The normalized spacial score (nSPS) is 19.2. The molecule has 0 spiro atoms. The number of carbonyl (C=O) groups excluding carboxylic acids is 2. The van der Waals surface area contributed by atoms with Gasteiger partial charge in [-0.05, 0) is 69.2 Å². The number of rotatable bonds is 6. The predicted octanol–water partition coefficient (Wildman–Crippen LogP) is 2.54. The second kappa shape index (κ2) is 8.07. The molecule has 0 bridgehead atoms. The summed E-state index contributed by atoms with van der Waals surface area (Å²) in [7, 11) is -3.72. The minimum Gasteiger partial charge on any atom is -0.343 e. The Hall–Kier alpha value is -1.93. The molecular formula is C21H31N3O4S. The number of piperidine rings is 1. The molecule has 0 atom stereocenters. The molecular weight excluding hydrogens is 390 g/mol. The van der Waals surface area contributed by atoms with Crippen LogP contribution in [0.3, 0.4) is 0 Å². The first kappa shape index (κ1) is 21.8. The summed E-state index contributed by atoms with van der Waals surface area (Å²) in [5.41, 5.74) is 1.33. The summed E-state index contributed by atoms with van der Waals surface area (Å²) < 4.78 is 28.1. The van der Waals surface area contributed by atoms with Gasteiger partial charge in [-0.2, -0.15) is 0 Å². The molecule has 1 saturated heterocycles. The minimum atomic E-state index is -3.72. The number of carbonyl (C=O) groups is 2. The maximum Gasteiger partial charge on any atom is 0.240 e. The van der Waals surface area contributed by atoms with Crippen molar-refractivity contribution in [3.05, 3.63) is 23.3 Å². The SMILES string of the molecule is Cc1cc(S(=O)(=O)NCCCC(=O)N2CCC(C)CC2)cc2c1NC(=O)C2(C)C. The highest BCUT2D eigenvalue weighted by atomic mass is 32.2. The van der Waals surface area contributed by atoms with Crippen molar-refractivity contribution in [1.29, 1.82) is 0 Å². The second-order valence-corrected chi connectivity index (χ2v) is 10.6. The Labute approximate surface area is 173 Å². The molecule has 1 aromatic rings. The minimum absolute atomic E-state index is 0.0933. The highest BCUT2D eigenvalue weighted by molar-refractivity contribution is 7.89. The third-order valence-corrected chi connectivity index (χ3v) is 7.54. The summed E-state index contributed by atoms with van der Waals surface area (Å²) in [5, 5.41) is 2.84. The first-order chi connectivity index (χ1) is 13.5. The van der Waals surface area contributed by atoms with E-state index in [1.54, 1.807) is 32.9 Å². The van der Waals surface area contributed by atoms with Crippen molar-refractivity contribution in [1.82, 2.24) is 9.62 Å². The van der Waals surface area contributed by atoms with Crippen LogP contribution in [0.1, 0.15) is 57.6 Å². The molecule has 0 aromatic heterocycles. The summed E-state index contributed by atoms with van der Waals surface area (Å²) in [6.07, 6.45) is 2.86. The fraction of sp³-hybridized carbons (Fsp3) is 0.619. The van der Waals surface area contributed by atoms with Gasteiger partial charge in [0.25, 0.3) is 0 Å². The molecule has 2 heterocycles. The van der Waals surface area contributed by atoms with Crippen LogP contribution in [0, 0.1) is 12.8 Å². The predicted molar refractivity (Wildman–Crippen MR) is 112 cm³/mol. The number of fused-ring (bicyclic) bond motifs is 1. The van der Waals surface area contributed by atoms with E-state index < -0.39 is 15.4 Å². The molecule has 160 valence electrons. The van der Waals surface area contributed by atoms with Crippen molar-refractivity contribution in [2.45, 2.75) is 63.7 Å². The Morgan fingerprint density at radius 1 is 1.28 bits per heavy atom. The van der Waals surface area contributed by atoms with Crippen molar-refractivity contribution >= 4 is 27.5 Å². The summed E-state index contributed by atoms with van der Waals surface area (Å²) in [5.74, 6) is 0.622. The number of hydrogen-bond donors (Lipinski definition) is 2. The standard InChI is InChI=1S/C21H31N3O4S/c1-14-7-10-24(11-8-14)18(25)6-5-9-22-29(27,28)16-12-15(2)19-17(13-16)21(3,4)20(26)23-19/h12-14,22H,5-11H2,1-4H3,(H,23,26). The number of sulfonamides is 1. The van der Waals surface area contributed by atoms with Crippen LogP contribution in [0.5, 0.6) is 0 Å². The number of benzene rings is 1. The highest BCUT2D eigenvalue weighted by Crippen LogP contribution is 2.40. The number of amides is 2. The molecule has 2 amide bonds. The van der Waals surface area contributed by atoms with Gasteiger partial charge in [-0.1, -0.05) is 6.92 Å². The van der Waals surface area contributed by atoms with Crippen molar-refractivity contribution in [3.8, 4) is 0 Å². The maximum absolute atomic E-state index is 12.7. The third kappa shape index (κ3) is 4.48. The summed E-state index contributed by atoms with van der Waals surface area (Å²) in [6, 6.07) is 3.14. The van der Waals surface area contributed by atoms with Gasteiger partial charge in [0, 0.05) is 31.7 Å². The van der Waals surface area contributed by atoms with Crippen molar-refractivity contribution in [2.75, 3.05) is 25.0 Å². The topological polar surface area (TPSA) is 95.6 Å². The van der Waals surface area contributed by atoms with Crippen molar-refractivity contribution < 1.29 is 18.0 Å². The zero-order valence-corrected chi connectivity index (χ0v) is 18.5. The largest absolute Gasteiger partial charge is 0.343 e. The lowest BCUT2D eigenvalue weighted by molar-refractivity contribution is -0.132. The van der Waals surface area contributed by atoms with Gasteiger partial charge in [0.2, 0.25) is 21.8 Å². The van der Waals surface area contributed by atoms with Crippen LogP contribution >= 0.6 is 0 Å². The van der Waals surface area contributed by atoms with E-state index in [0.717, 1.165) is 31.5 Å². The molecule has 2 aliphatic rings. The van der Waals surface area contributed by atoms with Gasteiger partial charge in [-0.25, -0.2) is 13.1 Å². The Balaban J connectivity index is 1.60. The lowest BCUT2D eigenvalue weighted by Gasteiger charge is -2.30. The molecule has 0 aliphatic carbocycles. The molecule has 0 unspecified atom stereocenters. The Bertz CT molecular complexity index is 916. The number of likely N-dealkylation sites (tertiary alicyclic amines) is 1. The summed E-state index contributed by atoms with van der Waals surface area (Å²) in [4.78, 5) is 26.5. The van der Waals surface area contributed by atoms with Gasteiger partial charge in [0.1, 0.15) is 0 Å². The first-order valence-electron chi connectivity index (χ1n) is 10.3. The zero-order valence-electron chi connectivity index (χ0n) is 17.7. The number of nitrogens with zero attached hydrogens (tertiary/aromatic N) is 1. The fourth-order valence-electron chi connectivity index (χ4n) is 3.91. The van der Waals surface area contributed by atoms with E-state index >= 15 is 0 Å². The smallest absolute Gasteiger partial charge is 0.240 e. The van der Waals surface area contributed by atoms with E-state index in [1.807, 2.05) is 4.90 Å². The quantitative estimate of drug-likeness (QED) is 0.690. The molecule has 1 aromatic carbocycles. The summed E-state index contributed by atoms with van der Waals surface area (Å²) >= 11 is 0. The monoisotopic (exact) mass is 421 g/mol. The molecule has 1 fully saturated rings. The Kier molecular flexibility index (Phi) is 6.06. The Morgan fingerprint density at radius 3 is 2.59 bits per heavy atom. The molecule has 7 nitrogen and oxygen atoms in total. The fourth-order valence-corrected chi connectivity index (χ4v) is 5.09. The van der Waals surface area contributed by atoms with Crippen LogP contribution in [-0.4, -0.2) is 44.8 Å². The van der Waals surface area contributed by atoms with Crippen LogP contribution in [-0.2, 0) is 25.0 Å². The number of aryl methyl sites for hydroxylation is 1. The van der Waals surface area contributed by atoms with Crippen LogP contribution < -0.4 is 10.0 Å². The van der Waals surface area contributed by atoms with Gasteiger partial charge in [-0.15, -0.1) is 0 Å². The van der Waals surface area contributed by atoms with Gasteiger partial charge in [0.05, 0.1) is 10.3 Å². The van der Waals surface area contributed by atoms with E-state index in [4.69, 9.17) is 0 Å². The van der Waals surface area contributed by atoms with Crippen molar-refractivity contribution in [2.24, 2.45) is 5.92 Å². The molecule has 29 heavy (non-hydrogen) atoms. The number of anilines is 1. The summed E-state index contributed by atoms with van der Waals surface area (Å²) in [6.45, 7) is 9.34. The van der Waals surface area contributed by atoms with Gasteiger partial charge < -0.3 is 10.2 Å². The van der Waals surface area contributed by atoms with Gasteiger partial charge in [-0.3, -0.25) is 9.59 Å². The Morgan fingerprint density at radius 2 is 1.93 bits per heavy atom. The van der Waals surface area contributed by atoms with Crippen LogP contribution in [0.4, 0.5) is 5.69 Å². The average molecular weight is 422 g/mol. The van der Waals surface area contributed by atoms with Gasteiger partial charge in [0.15, 0.2) is 0 Å².